The molecule has 0 saturated heterocycles. The van der Waals surface area contributed by atoms with Crippen molar-refractivity contribution in [2.24, 2.45) is 0 Å². The zero-order chi connectivity index (χ0) is 7.56. The average Bonchev–Trinajstić information content (AvgIpc) is 2.34. The Kier molecular flexibility index (Phi) is 1.53. The van der Waals surface area contributed by atoms with E-state index in [0.29, 0.717) is 0 Å². The molecule has 0 atom stereocenters. The molecule has 0 spiro atoms. The Hall–Kier alpha value is -1.59. The van der Waals surface area contributed by atoms with E-state index in [1.807, 2.05) is 0 Å². The van der Waals surface area contributed by atoms with Crippen LogP contribution in [0.2, 0.25) is 0 Å². The Morgan fingerprint density at radius 1 is 1.70 bits per heavy atom. The molecule has 6 nitrogen and oxygen atoms in total. The minimum absolute atomic E-state index is 0.0914. The highest BCUT2D eigenvalue weighted by Crippen LogP contribution is 2.02. The Morgan fingerprint density at radius 2 is 2.40 bits per heavy atom. The largest absolute Gasteiger partial charge is 0.480 e. The molecule has 0 amide bonds. The number of nitrogens with two attached hydrogens (primary N) is 1. The van der Waals surface area contributed by atoms with Crippen molar-refractivity contribution >= 4 is 11.7 Å². The molecular weight excluding hydrogens is 134 g/mol. The maximum atomic E-state index is 7.11. The van der Waals surface area contributed by atoms with E-state index in [4.69, 9.17) is 11.1 Å². The second-order valence-electron chi connectivity index (χ2n) is 1.59. The number of H-pyrrole nitrogens is 1. The SMILES string of the molecule is COC(=N)c1n[nH]nc1N. The van der Waals surface area contributed by atoms with Crippen LogP contribution in [0.1, 0.15) is 5.69 Å². The summed E-state index contributed by atoms with van der Waals surface area (Å²) >= 11 is 0. The van der Waals surface area contributed by atoms with Gasteiger partial charge in [0.2, 0.25) is 5.90 Å². The third kappa shape index (κ3) is 0.903. The van der Waals surface area contributed by atoms with Crippen molar-refractivity contribution in [3.63, 3.8) is 0 Å². The van der Waals surface area contributed by atoms with Gasteiger partial charge in [-0.3, -0.25) is 5.41 Å². The molecule has 1 aromatic rings. The Balaban J connectivity index is 2.93. The lowest BCUT2D eigenvalue weighted by Crippen LogP contribution is -2.05. The second-order valence-corrected chi connectivity index (χ2v) is 1.59. The van der Waals surface area contributed by atoms with Crippen LogP contribution in [-0.4, -0.2) is 28.4 Å². The van der Waals surface area contributed by atoms with Crippen molar-refractivity contribution in [2.45, 2.75) is 0 Å². The monoisotopic (exact) mass is 141 g/mol. The third-order valence-electron chi connectivity index (χ3n) is 0.994. The highest BCUT2D eigenvalue weighted by Gasteiger charge is 2.08. The lowest BCUT2D eigenvalue weighted by molar-refractivity contribution is 0.399. The van der Waals surface area contributed by atoms with Gasteiger partial charge in [0.25, 0.3) is 0 Å². The Bertz CT molecular complexity index is 242. The number of nitrogen functional groups attached to an aromatic ring is 1. The molecule has 0 bridgehead atoms. The molecule has 4 N–H and O–H groups in total. The van der Waals surface area contributed by atoms with Crippen LogP contribution in [0, 0.1) is 5.41 Å². The first-order valence-electron chi connectivity index (χ1n) is 2.55. The maximum Gasteiger partial charge on any atom is 0.238 e. The van der Waals surface area contributed by atoms with Gasteiger partial charge in [-0.1, -0.05) is 0 Å². The Morgan fingerprint density at radius 3 is 2.80 bits per heavy atom. The normalized spacial score (nSPS) is 9.30. The Labute approximate surface area is 56.9 Å². The average molecular weight is 141 g/mol. The zero-order valence-electron chi connectivity index (χ0n) is 5.38. The van der Waals surface area contributed by atoms with E-state index in [0.717, 1.165) is 0 Å². The predicted octanol–water partition coefficient (Wildman–Crippen LogP) is -0.641. The number of anilines is 1. The zero-order valence-corrected chi connectivity index (χ0v) is 5.38. The lowest BCUT2D eigenvalue weighted by atomic mass is 10.4. The molecule has 1 rings (SSSR count). The summed E-state index contributed by atoms with van der Waals surface area (Å²) in [5.41, 5.74) is 5.53. The maximum absolute atomic E-state index is 7.11. The van der Waals surface area contributed by atoms with Crippen molar-refractivity contribution < 1.29 is 4.74 Å². The number of aromatic nitrogens is 3. The molecule has 10 heavy (non-hydrogen) atoms. The molecule has 0 aliphatic rings. The molecule has 0 aromatic carbocycles. The van der Waals surface area contributed by atoms with Crippen molar-refractivity contribution in [1.29, 1.82) is 5.41 Å². The van der Waals surface area contributed by atoms with Crippen LogP contribution >= 0.6 is 0 Å². The van der Waals surface area contributed by atoms with Gasteiger partial charge in [0.05, 0.1) is 7.11 Å². The van der Waals surface area contributed by atoms with Crippen LogP contribution in [0.5, 0.6) is 0 Å². The third-order valence-corrected chi connectivity index (χ3v) is 0.994. The first-order valence-corrected chi connectivity index (χ1v) is 2.55. The molecule has 6 heteroatoms. The molecule has 1 heterocycles. The molecule has 0 fully saturated rings. The van der Waals surface area contributed by atoms with Crippen LogP contribution < -0.4 is 5.73 Å². The van der Waals surface area contributed by atoms with Crippen LogP contribution in [0.25, 0.3) is 0 Å². The van der Waals surface area contributed by atoms with Gasteiger partial charge in [-0.2, -0.15) is 5.21 Å². The summed E-state index contributed by atoms with van der Waals surface area (Å²) in [4.78, 5) is 0. The minimum Gasteiger partial charge on any atom is -0.480 e. The van der Waals surface area contributed by atoms with Crippen LogP contribution in [0.3, 0.4) is 0 Å². The summed E-state index contributed by atoms with van der Waals surface area (Å²) in [6.07, 6.45) is 0. The second kappa shape index (κ2) is 2.34. The molecule has 0 radical (unpaired) electrons. The number of rotatable bonds is 1. The molecule has 1 aromatic heterocycles. The fourth-order valence-corrected chi connectivity index (χ4v) is 0.503. The summed E-state index contributed by atoms with van der Waals surface area (Å²) in [7, 11) is 1.37. The van der Waals surface area contributed by atoms with Gasteiger partial charge in [0.1, 0.15) is 0 Å². The smallest absolute Gasteiger partial charge is 0.238 e. The van der Waals surface area contributed by atoms with Gasteiger partial charge in [-0.05, 0) is 0 Å². The number of hydrogen-bond donors (Lipinski definition) is 3. The molecule has 0 aliphatic carbocycles. The van der Waals surface area contributed by atoms with E-state index < -0.39 is 0 Å². The van der Waals surface area contributed by atoms with Gasteiger partial charge >= 0.3 is 0 Å². The molecular formula is C4H7N5O. The lowest BCUT2D eigenvalue weighted by Gasteiger charge is -1.95. The van der Waals surface area contributed by atoms with Crippen molar-refractivity contribution in [2.75, 3.05) is 12.8 Å². The highest BCUT2D eigenvalue weighted by atomic mass is 16.5. The molecule has 0 saturated carbocycles. The van der Waals surface area contributed by atoms with Gasteiger partial charge in [-0.15, -0.1) is 10.2 Å². The van der Waals surface area contributed by atoms with Crippen LogP contribution in [0.4, 0.5) is 5.82 Å². The highest BCUT2D eigenvalue weighted by molar-refractivity contribution is 5.93. The van der Waals surface area contributed by atoms with Crippen molar-refractivity contribution in [3.8, 4) is 0 Å². The molecule has 0 aliphatic heterocycles. The van der Waals surface area contributed by atoms with E-state index in [-0.39, 0.29) is 17.4 Å². The molecule has 0 unspecified atom stereocenters. The van der Waals surface area contributed by atoms with Gasteiger partial charge in [-0.25, -0.2) is 0 Å². The number of nitrogens with one attached hydrogen (secondary N) is 2. The summed E-state index contributed by atoms with van der Waals surface area (Å²) < 4.78 is 4.56. The van der Waals surface area contributed by atoms with E-state index >= 15 is 0 Å². The van der Waals surface area contributed by atoms with E-state index in [1.165, 1.54) is 7.11 Å². The fraction of sp³-hybridized carbons (Fsp3) is 0.250. The summed E-state index contributed by atoms with van der Waals surface area (Å²) in [5.74, 6) is 0.0816. The molecule has 54 valence electrons. The number of hydrogen-bond acceptors (Lipinski definition) is 5. The van der Waals surface area contributed by atoms with Crippen molar-refractivity contribution in [1.82, 2.24) is 15.4 Å². The van der Waals surface area contributed by atoms with Gasteiger partial charge in [0.15, 0.2) is 11.5 Å². The fourth-order valence-electron chi connectivity index (χ4n) is 0.503. The van der Waals surface area contributed by atoms with Crippen molar-refractivity contribution in [3.05, 3.63) is 5.69 Å². The van der Waals surface area contributed by atoms with E-state index in [9.17, 15) is 0 Å². The first kappa shape index (κ1) is 6.53. The summed E-state index contributed by atoms with van der Waals surface area (Å²) in [5, 5.41) is 16.5. The summed E-state index contributed by atoms with van der Waals surface area (Å²) in [6.45, 7) is 0. The van der Waals surface area contributed by atoms with E-state index in [2.05, 4.69) is 20.1 Å². The minimum atomic E-state index is -0.0914. The van der Waals surface area contributed by atoms with Crippen LogP contribution in [-0.2, 0) is 4.74 Å². The number of methoxy groups -OCH3 is 1. The van der Waals surface area contributed by atoms with Gasteiger partial charge < -0.3 is 10.5 Å². The number of ether oxygens (including phenoxy) is 1. The number of nitrogens with zero attached hydrogens (tertiary/aromatic N) is 2. The quantitative estimate of drug-likeness (QED) is 0.357. The van der Waals surface area contributed by atoms with Crippen LogP contribution in [0.15, 0.2) is 0 Å². The topological polar surface area (TPSA) is 101 Å². The summed E-state index contributed by atoms with van der Waals surface area (Å²) in [6, 6.07) is 0. The predicted molar refractivity (Wildman–Crippen MR) is 34.6 cm³/mol. The van der Waals surface area contributed by atoms with E-state index in [1.54, 1.807) is 0 Å². The van der Waals surface area contributed by atoms with Gasteiger partial charge in [0, 0.05) is 0 Å². The number of aromatic amines is 1. The standard InChI is InChI=1S/C4H7N5O/c1-10-4(6)2-3(5)8-9-7-2/h6H,1H3,(H3,5,7,8,9). The first-order chi connectivity index (χ1) is 4.75.